The summed E-state index contributed by atoms with van der Waals surface area (Å²) in [4.78, 5) is 0.163. The second kappa shape index (κ2) is 6.51. The molecule has 122 valence electrons. The van der Waals surface area contributed by atoms with Crippen LogP contribution < -0.4 is 4.74 Å². The summed E-state index contributed by atoms with van der Waals surface area (Å²) in [5, 5.41) is 0.254. The number of halogens is 1. The Kier molecular flexibility index (Phi) is 4.62. The third-order valence-corrected chi connectivity index (χ3v) is 6.51. The fourth-order valence-corrected chi connectivity index (χ4v) is 5.17. The number of sulfonamides is 1. The third-order valence-electron chi connectivity index (χ3n) is 4.11. The predicted molar refractivity (Wildman–Crippen MR) is 90.3 cm³/mol. The lowest BCUT2D eigenvalue weighted by Crippen LogP contribution is -2.30. The Labute approximate surface area is 141 Å². The van der Waals surface area contributed by atoms with Gasteiger partial charge in [-0.2, -0.15) is 4.31 Å². The zero-order valence-corrected chi connectivity index (χ0v) is 14.3. The summed E-state index contributed by atoms with van der Waals surface area (Å²) >= 11 is 6.10. The van der Waals surface area contributed by atoms with E-state index in [2.05, 4.69) is 0 Å². The van der Waals surface area contributed by atoms with E-state index in [0.29, 0.717) is 6.54 Å². The first-order chi connectivity index (χ1) is 11.0. The first-order valence-electron chi connectivity index (χ1n) is 7.44. The Morgan fingerprint density at radius 3 is 2.70 bits per heavy atom. The second-order valence-electron chi connectivity index (χ2n) is 5.48. The van der Waals surface area contributed by atoms with E-state index >= 15 is 0 Å². The Morgan fingerprint density at radius 1 is 1.17 bits per heavy atom. The molecular weight excluding hydrogens is 334 g/mol. The monoisotopic (exact) mass is 351 g/mol. The molecule has 0 N–H and O–H groups in total. The van der Waals surface area contributed by atoms with E-state index in [-0.39, 0.29) is 16.0 Å². The Balaban J connectivity index is 2.00. The van der Waals surface area contributed by atoms with Gasteiger partial charge in [0.1, 0.15) is 10.6 Å². The van der Waals surface area contributed by atoms with Crippen LogP contribution in [-0.2, 0) is 10.0 Å². The molecule has 1 atom stereocenters. The minimum Gasteiger partial charge on any atom is -0.497 e. The summed E-state index contributed by atoms with van der Waals surface area (Å²) in [6, 6.07) is 14.0. The molecule has 6 heteroatoms. The zero-order valence-electron chi connectivity index (χ0n) is 12.8. The van der Waals surface area contributed by atoms with Crippen molar-refractivity contribution in [3.63, 3.8) is 0 Å². The number of ether oxygens (including phenoxy) is 1. The number of nitrogens with zero attached hydrogens (tertiary/aromatic N) is 1. The number of hydrogen-bond acceptors (Lipinski definition) is 3. The molecule has 0 bridgehead atoms. The lowest BCUT2D eigenvalue weighted by atomic mass is 10.1. The summed E-state index contributed by atoms with van der Waals surface area (Å²) in [5.41, 5.74) is 0.942. The van der Waals surface area contributed by atoms with Gasteiger partial charge >= 0.3 is 0 Å². The highest BCUT2D eigenvalue weighted by Gasteiger charge is 2.37. The molecule has 1 aliphatic heterocycles. The van der Waals surface area contributed by atoms with Crippen LogP contribution in [0.15, 0.2) is 53.4 Å². The topological polar surface area (TPSA) is 46.6 Å². The number of benzene rings is 2. The highest BCUT2D eigenvalue weighted by molar-refractivity contribution is 7.89. The van der Waals surface area contributed by atoms with Crippen LogP contribution in [0.25, 0.3) is 0 Å². The molecule has 2 aromatic rings. The fraction of sp³-hybridized carbons (Fsp3) is 0.294. The van der Waals surface area contributed by atoms with Gasteiger partial charge in [0.25, 0.3) is 0 Å². The molecule has 2 aromatic carbocycles. The summed E-state index contributed by atoms with van der Waals surface area (Å²) < 4.78 is 32.8. The Hall–Kier alpha value is -1.56. The molecule has 4 nitrogen and oxygen atoms in total. The van der Waals surface area contributed by atoms with Crippen LogP contribution in [0, 0.1) is 0 Å². The van der Waals surface area contributed by atoms with Gasteiger partial charge in [0.05, 0.1) is 18.2 Å². The van der Waals surface area contributed by atoms with Crippen molar-refractivity contribution >= 4 is 21.6 Å². The third kappa shape index (κ3) is 3.09. The van der Waals surface area contributed by atoms with Crippen LogP contribution in [0.5, 0.6) is 5.75 Å². The van der Waals surface area contributed by atoms with Crippen molar-refractivity contribution in [2.45, 2.75) is 23.8 Å². The molecule has 1 heterocycles. The van der Waals surface area contributed by atoms with E-state index in [1.807, 2.05) is 24.3 Å². The predicted octanol–water partition coefficient (Wildman–Crippen LogP) is 3.87. The summed E-state index contributed by atoms with van der Waals surface area (Å²) in [7, 11) is -2.02. The normalized spacial score (nSPS) is 19.0. The van der Waals surface area contributed by atoms with Crippen LogP contribution in [0.2, 0.25) is 5.02 Å². The average molecular weight is 352 g/mol. The quantitative estimate of drug-likeness (QED) is 0.839. The van der Waals surface area contributed by atoms with Crippen molar-refractivity contribution in [1.82, 2.24) is 4.31 Å². The molecule has 0 amide bonds. The van der Waals surface area contributed by atoms with Crippen molar-refractivity contribution in [2.24, 2.45) is 0 Å². The fourth-order valence-electron chi connectivity index (χ4n) is 2.99. The highest BCUT2D eigenvalue weighted by Crippen LogP contribution is 2.38. The van der Waals surface area contributed by atoms with Crippen molar-refractivity contribution < 1.29 is 13.2 Å². The van der Waals surface area contributed by atoms with Crippen molar-refractivity contribution in [3.8, 4) is 5.75 Å². The van der Waals surface area contributed by atoms with Gasteiger partial charge in [0.15, 0.2) is 0 Å². The molecule has 0 spiro atoms. The van der Waals surface area contributed by atoms with Gasteiger partial charge in [0, 0.05) is 6.54 Å². The maximum Gasteiger partial charge on any atom is 0.245 e. The molecule has 3 rings (SSSR count). The van der Waals surface area contributed by atoms with E-state index in [1.165, 1.54) is 0 Å². The highest BCUT2D eigenvalue weighted by atomic mass is 35.5. The second-order valence-corrected chi connectivity index (χ2v) is 7.75. The van der Waals surface area contributed by atoms with Crippen LogP contribution in [0.3, 0.4) is 0 Å². The Morgan fingerprint density at radius 2 is 1.96 bits per heavy atom. The molecule has 0 aliphatic carbocycles. The van der Waals surface area contributed by atoms with E-state index < -0.39 is 10.0 Å². The van der Waals surface area contributed by atoms with Gasteiger partial charge in [-0.05, 0) is 42.7 Å². The van der Waals surface area contributed by atoms with E-state index in [0.717, 1.165) is 24.2 Å². The lowest BCUT2D eigenvalue weighted by Gasteiger charge is -2.25. The van der Waals surface area contributed by atoms with Crippen LogP contribution in [-0.4, -0.2) is 26.4 Å². The zero-order chi connectivity index (χ0) is 16.4. The summed E-state index contributed by atoms with van der Waals surface area (Å²) in [6.07, 6.45) is 1.61. The maximum atomic E-state index is 13.0. The van der Waals surface area contributed by atoms with Gasteiger partial charge in [-0.25, -0.2) is 8.42 Å². The molecule has 0 saturated carbocycles. The average Bonchev–Trinajstić information content (AvgIpc) is 3.05. The molecule has 1 saturated heterocycles. The smallest absolute Gasteiger partial charge is 0.245 e. The largest absolute Gasteiger partial charge is 0.497 e. The molecule has 0 aromatic heterocycles. The standard InChI is InChI=1S/C17H18ClNO3S/c1-22-14-7-4-6-13(12-14)16-9-5-11-19(16)23(20,21)17-10-3-2-8-15(17)18/h2-4,6-8,10,12,16H,5,9,11H2,1H3. The molecular formula is C17H18ClNO3S. The minimum absolute atomic E-state index is 0.163. The van der Waals surface area contributed by atoms with Crippen LogP contribution >= 0.6 is 11.6 Å². The molecule has 1 aliphatic rings. The van der Waals surface area contributed by atoms with Crippen LogP contribution in [0.1, 0.15) is 24.4 Å². The Bertz CT molecular complexity index is 807. The van der Waals surface area contributed by atoms with Gasteiger partial charge < -0.3 is 4.74 Å². The van der Waals surface area contributed by atoms with Crippen molar-refractivity contribution in [1.29, 1.82) is 0 Å². The van der Waals surface area contributed by atoms with Crippen LogP contribution in [0.4, 0.5) is 0 Å². The molecule has 1 unspecified atom stereocenters. The van der Waals surface area contributed by atoms with E-state index in [1.54, 1.807) is 35.7 Å². The first-order valence-corrected chi connectivity index (χ1v) is 9.26. The first kappa shape index (κ1) is 16.3. The number of rotatable bonds is 4. The van der Waals surface area contributed by atoms with E-state index in [9.17, 15) is 8.42 Å². The summed E-state index contributed by atoms with van der Waals surface area (Å²) in [6.45, 7) is 0.495. The molecule has 23 heavy (non-hydrogen) atoms. The molecule has 0 radical (unpaired) electrons. The summed E-state index contributed by atoms with van der Waals surface area (Å²) in [5.74, 6) is 0.726. The SMILES string of the molecule is COc1cccc(C2CCCN2S(=O)(=O)c2ccccc2Cl)c1. The van der Waals surface area contributed by atoms with Gasteiger partial charge in [0.2, 0.25) is 10.0 Å². The van der Waals surface area contributed by atoms with E-state index in [4.69, 9.17) is 16.3 Å². The number of methoxy groups -OCH3 is 1. The number of hydrogen-bond donors (Lipinski definition) is 0. The van der Waals surface area contributed by atoms with Gasteiger partial charge in [-0.15, -0.1) is 0 Å². The van der Waals surface area contributed by atoms with Crippen molar-refractivity contribution in [3.05, 3.63) is 59.1 Å². The molecule has 1 fully saturated rings. The van der Waals surface area contributed by atoms with Gasteiger partial charge in [-0.1, -0.05) is 35.9 Å². The van der Waals surface area contributed by atoms with Gasteiger partial charge in [-0.3, -0.25) is 0 Å². The van der Waals surface area contributed by atoms with Crippen molar-refractivity contribution in [2.75, 3.05) is 13.7 Å². The maximum absolute atomic E-state index is 13.0. The minimum atomic E-state index is -3.63. The lowest BCUT2D eigenvalue weighted by molar-refractivity contribution is 0.390.